The Bertz CT molecular complexity index is 939. The quantitative estimate of drug-likeness (QED) is 0.870. The molecule has 0 radical (unpaired) electrons. The number of nitrogens with zero attached hydrogens (tertiary/aromatic N) is 2. The Labute approximate surface area is 171 Å². The van der Waals surface area contributed by atoms with E-state index in [2.05, 4.69) is 5.32 Å². The molecular formula is C23H27N3O3. The van der Waals surface area contributed by atoms with E-state index in [1.165, 1.54) is 6.92 Å². The van der Waals surface area contributed by atoms with Gasteiger partial charge < -0.3 is 15.1 Å². The number of hydrogen-bond donors (Lipinski definition) is 1. The van der Waals surface area contributed by atoms with Crippen LogP contribution in [0.15, 0.2) is 42.5 Å². The molecule has 1 fully saturated rings. The highest BCUT2D eigenvalue weighted by Gasteiger charge is 2.24. The zero-order valence-corrected chi connectivity index (χ0v) is 17.2. The molecule has 6 nitrogen and oxygen atoms in total. The molecule has 2 aromatic rings. The number of hydrogen-bond acceptors (Lipinski definition) is 3. The predicted molar refractivity (Wildman–Crippen MR) is 113 cm³/mol. The highest BCUT2D eigenvalue weighted by molar-refractivity contribution is 5.97. The van der Waals surface area contributed by atoms with Crippen molar-refractivity contribution in [1.82, 2.24) is 9.80 Å². The average Bonchev–Trinajstić information content (AvgIpc) is 2.95. The molecule has 152 valence electrons. The monoisotopic (exact) mass is 393 g/mol. The summed E-state index contributed by atoms with van der Waals surface area (Å²) in [5, 5.41) is 2.70. The normalized spacial score (nSPS) is 14.3. The lowest BCUT2D eigenvalue weighted by atomic mass is 10.1. The third-order valence-corrected chi connectivity index (χ3v) is 5.25. The minimum absolute atomic E-state index is 0.00931. The van der Waals surface area contributed by atoms with Gasteiger partial charge in [-0.15, -0.1) is 0 Å². The zero-order chi connectivity index (χ0) is 21.0. The van der Waals surface area contributed by atoms with Gasteiger partial charge in [-0.25, -0.2) is 0 Å². The zero-order valence-electron chi connectivity index (χ0n) is 17.2. The minimum atomic E-state index is -0.176. The second-order valence-corrected chi connectivity index (χ2v) is 7.50. The fourth-order valence-electron chi connectivity index (χ4n) is 3.50. The van der Waals surface area contributed by atoms with Crippen LogP contribution in [0.1, 0.15) is 45.2 Å². The molecule has 0 saturated carbocycles. The van der Waals surface area contributed by atoms with Gasteiger partial charge in [0, 0.05) is 49.9 Å². The average molecular weight is 393 g/mol. The molecule has 0 aromatic heterocycles. The number of benzene rings is 2. The van der Waals surface area contributed by atoms with Crippen molar-refractivity contribution in [1.29, 1.82) is 0 Å². The second kappa shape index (κ2) is 8.90. The molecule has 6 heteroatoms. The van der Waals surface area contributed by atoms with Gasteiger partial charge in [0.15, 0.2) is 0 Å². The van der Waals surface area contributed by atoms with Gasteiger partial charge in [-0.05, 0) is 61.7 Å². The fourth-order valence-corrected chi connectivity index (χ4v) is 3.50. The first kappa shape index (κ1) is 20.6. The molecule has 0 unspecified atom stereocenters. The van der Waals surface area contributed by atoms with Crippen molar-refractivity contribution in [2.75, 3.05) is 31.5 Å². The van der Waals surface area contributed by atoms with Gasteiger partial charge in [0.05, 0.1) is 0 Å². The summed E-state index contributed by atoms with van der Waals surface area (Å²) >= 11 is 0. The van der Waals surface area contributed by atoms with Crippen molar-refractivity contribution in [3.8, 4) is 0 Å². The Morgan fingerprint density at radius 3 is 2.00 bits per heavy atom. The van der Waals surface area contributed by atoms with Crippen LogP contribution in [0.25, 0.3) is 0 Å². The number of carbonyl (C=O) groups is 3. The fraction of sp³-hybridized carbons (Fsp3) is 0.348. The van der Waals surface area contributed by atoms with E-state index < -0.39 is 0 Å². The second-order valence-electron chi connectivity index (χ2n) is 7.50. The van der Waals surface area contributed by atoms with Crippen LogP contribution in [0.2, 0.25) is 0 Å². The van der Waals surface area contributed by atoms with Gasteiger partial charge in [0.25, 0.3) is 11.8 Å². The van der Waals surface area contributed by atoms with Crippen molar-refractivity contribution >= 4 is 23.4 Å². The van der Waals surface area contributed by atoms with Crippen molar-refractivity contribution in [3.63, 3.8) is 0 Å². The Morgan fingerprint density at radius 2 is 1.41 bits per heavy atom. The van der Waals surface area contributed by atoms with Gasteiger partial charge in [-0.2, -0.15) is 0 Å². The highest BCUT2D eigenvalue weighted by Crippen LogP contribution is 2.17. The molecule has 0 spiro atoms. The number of anilines is 1. The van der Waals surface area contributed by atoms with Gasteiger partial charge in [-0.1, -0.05) is 12.1 Å². The Balaban J connectivity index is 1.67. The molecule has 0 aliphatic carbocycles. The third kappa shape index (κ3) is 5.02. The lowest BCUT2D eigenvalue weighted by Gasteiger charge is -2.23. The molecule has 3 rings (SSSR count). The molecule has 0 bridgehead atoms. The highest BCUT2D eigenvalue weighted by atomic mass is 16.2. The van der Waals surface area contributed by atoms with Crippen LogP contribution in [0.4, 0.5) is 5.69 Å². The molecule has 1 heterocycles. The van der Waals surface area contributed by atoms with Crippen LogP contribution in [0.5, 0.6) is 0 Å². The van der Waals surface area contributed by atoms with Crippen LogP contribution in [0, 0.1) is 13.8 Å². The van der Waals surface area contributed by atoms with E-state index in [0.717, 1.165) is 17.5 Å². The molecule has 3 amide bonds. The summed E-state index contributed by atoms with van der Waals surface area (Å²) in [5.74, 6) is -0.252. The maximum absolute atomic E-state index is 12.9. The van der Waals surface area contributed by atoms with Crippen LogP contribution in [-0.4, -0.2) is 53.7 Å². The minimum Gasteiger partial charge on any atom is -0.337 e. The summed E-state index contributed by atoms with van der Waals surface area (Å²) in [7, 11) is 0. The molecule has 1 aliphatic heterocycles. The summed E-state index contributed by atoms with van der Waals surface area (Å²) in [5.41, 5.74) is 4.09. The molecular weight excluding hydrogens is 366 g/mol. The van der Waals surface area contributed by atoms with Gasteiger partial charge in [0.1, 0.15) is 0 Å². The van der Waals surface area contributed by atoms with Crippen LogP contribution in [-0.2, 0) is 4.79 Å². The van der Waals surface area contributed by atoms with Crippen LogP contribution >= 0.6 is 0 Å². The number of aryl methyl sites for hydroxylation is 2. The summed E-state index contributed by atoms with van der Waals surface area (Å²) in [6.07, 6.45) is 0.730. The summed E-state index contributed by atoms with van der Waals surface area (Å²) in [4.78, 5) is 40.7. The SMILES string of the molecule is CC(=O)Nc1cccc(C(=O)N2CCCN(C(=O)c3ccc(C)c(C)c3)CC2)c1. The smallest absolute Gasteiger partial charge is 0.253 e. The number of rotatable bonds is 3. The third-order valence-electron chi connectivity index (χ3n) is 5.25. The first-order valence-electron chi connectivity index (χ1n) is 9.88. The molecule has 1 aliphatic rings. The molecule has 29 heavy (non-hydrogen) atoms. The van der Waals surface area contributed by atoms with E-state index in [-0.39, 0.29) is 17.7 Å². The largest absolute Gasteiger partial charge is 0.337 e. The van der Waals surface area contributed by atoms with Gasteiger partial charge >= 0.3 is 0 Å². The molecule has 0 atom stereocenters. The van der Waals surface area contributed by atoms with Crippen molar-refractivity contribution < 1.29 is 14.4 Å². The van der Waals surface area contributed by atoms with Crippen molar-refractivity contribution in [2.24, 2.45) is 0 Å². The molecule has 1 N–H and O–H groups in total. The maximum Gasteiger partial charge on any atom is 0.253 e. The van der Waals surface area contributed by atoms with E-state index >= 15 is 0 Å². The van der Waals surface area contributed by atoms with E-state index in [4.69, 9.17) is 0 Å². The molecule has 1 saturated heterocycles. The van der Waals surface area contributed by atoms with Crippen LogP contribution in [0.3, 0.4) is 0 Å². The van der Waals surface area contributed by atoms with E-state index in [0.29, 0.717) is 43.0 Å². The summed E-state index contributed by atoms with van der Waals surface area (Å²) < 4.78 is 0. The number of nitrogens with one attached hydrogen (secondary N) is 1. The standard InChI is InChI=1S/C23H27N3O3/c1-16-8-9-20(14-17(16)2)23(29)26-11-5-10-25(12-13-26)22(28)19-6-4-7-21(15-19)24-18(3)27/h4,6-9,14-15H,5,10-13H2,1-3H3,(H,24,27). The Morgan fingerprint density at radius 1 is 0.793 bits per heavy atom. The van der Waals surface area contributed by atoms with Crippen LogP contribution < -0.4 is 5.32 Å². The Kier molecular flexibility index (Phi) is 6.32. The van der Waals surface area contributed by atoms with E-state index in [1.54, 1.807) is 29.2 Å². The van der Waals surface area contributed by atoms with Gasteiger partial charge in [0.2, 0.25) is 5.91 Å². The lowest BCUT2D eigenvalue weighted by Crippen LogP contribution is -2.37. The van der Waals surface area contributed by atoms with Crippen molar-refractivity contribution in [3.05, 3.63) is 64.7 Å². The topological polar surface area (TPSA) is 69.7 Å². The summed E-state index contributed by atoms with van der Waals surface area (Å²) in [6, 6.07) is 12.7. The first-order chi connectivity index (χ1) is 13.8. The predicted octanol–water partition coefficient (Wildman–Crippen LogP) is 3.25. The summed E-state index contributed by atoms with van der Waals surface area (Å²) in [6.45, 7) is 7.68. The molecule has 2 aromatic carbocycles. The van der Waals surface area contributed by atoms with E-state index in [9.17, 15) is 14.4 Å². The van der Waals surface area contributed by atoms with Crippen molar-refractivity contribution in [2.45, 2.75) is 27.2 Å². The first-order valence-corrected chi connectivity index (χ1v) is 9.88. The van der Waals surface area contributed by atoms with Gasteiger partial charge in [-0.3, -0.25) is 14.4 Å². The van der Waals surface area contributed by atoms with E-state index in [1.807, 2.05) is 36.9 Å². The maximum atomic E-state index is 12.9. The number of amides is 3. The lowest BCUT2D eigenvalue weighted by molar-refractivity contribution is -0.114. The number of carbonyl (C=O) groups excluding carboxylic acids is 3. The Hall–Kier alpha value is -3.15.